The van der Waals surface area contributed by atoms with Gasteiger partial charge in [0.25, 0.3) is 0 Å². The molecule has 2 aromatic rings. The van der Waals surface area contributed by atoms with Crippen LogP contribution in [0.25, 0.3) is 0 Å². The molecule has 96 valence electrons. The Morgan fingerprint density at radius 1 is 1.16 bits per heavy atom. The van der Waals surface area contributed by atoms with E-state index in [0.29, 0.717) is 32.7 Å². The zero-order valence-electron chi connectivity index (χ0n) is 10.1. The first-order valence-corrected chi connectivity index (χ1v) is 6.20. The molecular formula is C14H10Cl2N2O. The van der Waals surface area contributed by atoms with Crippen LogP contribution in [0.2, 0.25) is 10.0 Å². The van der Waals surface area contributed by atoms with Crippen LogP contribution in [0.15, 0.2) is 36.4 Å². The summed E-state index contributed by atoms with van der Waals surface area (Å²) in [6, 6.07) is 12.4. The summed E-state index contributed by atoms with van der Waals surface area (Å²) in [5, 5.41) is 13.1. The maximum absolute atomic E-state index is 9.10. The van der Waals surface area contributed by atoms with Crippen molar-refractivity contribution in [2.45, 2.75) is 0 Å². The van der Waals surface area contributed by atoms with Gasteiger partial charge in [0, 0.05) is 6.07 Å². The molecule has 0 saturated carbocycles. The maximum Gasteiger partial charge on any atom is 0.121 e. The Morgan fingerprint density at radius 3 is 2.42 bits per heavy atom. The highest BCUT2D eigenvalue weighted by molar-refractivity contribution is 6.39. The van der Waals surface area contributed by atoms with Gasteiger partial charge in [-0.25, -0.2) is 0 Å². The molecule has 0 amide bonds. The smallest absolute Gasteiger partial charge is 0.121 e. The summed E-state index contributed by atoms with van der Waals surface area (Å²) in [7, 11) is 1.56. The molecule has 2 aromatic carbocycles. The number of nitrogens with one attached hydrogen (secondary N) is 1. The third-order valence-corrected chi connectivity index (χ3v) is 3.20. The molecule has 0 aliphatic heterocycles. The molecule has 19 heavy (non-hydrogen) atoms. The lowest BCUT2D eigenvalue weighted by Crippen LogP contribution is -1.96. The van der Waals surface area contributed by atoms with Crippen molar-refractivity contribution in [3.05, 3.63) is 52.0 Å². The molecule has 0 unspecified atom stereocenters. The molecule has 5 heteroatoms. The molecule has 0 heterocycles. The number of rotatable bonds is 3. The SMILES string of the molecule is COc1ccc(C#N)c(Nc2c(Cl)cccc2Cl)c1. The Balaban J connectivity index is 2.46. The molecule has 2 rings (SSSR count). The van der Waals surface area contributed by atoms with Gasteiger partial charge in [-0.15, -0.1) is 0 Å². The van der Waals surface area contributed by atoms with Crippen LogP contribution in [0.1, 0.15) is 5.56 Å². The summed E-state index contributed by atoms with van der Waals surface area (Å²) in [5.41, 5.74) is 1.64. The van der Waals surface area contributed by atoms with E-state index in [1.807, 2.05) is 0 Å². The fourth-order valence-corrected chi connectivity index (χ4v) is 2.10. The highest BCUT2D eigenvalue weighted by Gasteiger charge is 2.09. The van der Waals surface area contributed by atoms with Gasteiger partial charge < -0.3 is 10.1 Å². The van der Waals surface area contributed by atoms with E-state index in [0.717, 1.165) is 0 Å². The van der Waals surface area contributed by atoms with Crippen LogP contribution in [0.4, 0.5) is 11.4 Å². The van der Waals surface area contributed by atoms with Crippen LogP contribution >= 0.6 is 23.2 Å². The number of para-hydroxylation sites is 1. The van der Waals surface area contributed by atoms with E-state index >= 15 is 0 Å². The minimum atomic E-state index is 0.483. The molecule has 0 radical (unpaired) electrons. The van der Waals surface area contributed by atoms with Crippen molar-refractivity contribution in [2.75, 3.05) is 12.4 Å². The fourth-order valence-electron chi connectivity index (χ4n) is 1.60. The third-order valence-electron chi connectivity index (χ3n) is 2.57. The molecule has 0 saturated heterocycles. The Hall–Kier alpha value is -1.89. The molecule has 0 aliphatic carbocycles. The van der Waals surface area contributed by atoms with Crippen LogP contribution in [-0.2, 0) is 0 Å². The number of nitrogens with zero attached hydrogens (tertiary/aromatic N) is 1. The van der Waals surface area contributed by atoms with E-state index < -0.39 is 0 Å². The van der Waals surface area contributed by atoms with Crippen LogP contribution in [0.5, 0.6) is 5.75 Å². The highest BCUT2D eigenvalue weighted by Crippen LogP contribution is 2.34. The summed E-state index contributed by atoms with van der Waals surface area (Å²) < 4.78 is 5.14. The summed E-state index contributed by atoms with van der Waals surface area (Å²) in [6.45, 7) is 0. The van der Waals surface area contributed by atoms with Crippen LogP contribution in [-0.4, -0.2) is 7.11 Å². The number of hydrogen-bond donors (Lipinski definition) is 1. The first kappa shape index (κ1) is 13.5. The number of benzene rings is 2. The first-order chi connectivity index (χ1) is 9.15. The van der Waals surface area contributed by atoms with Gasteiger partial charge in [0.2, 0.25) is 0 Å². The Morgan fingerprint density at radius 2 is 1.84 bits per heavy atom. The topological polar surface area (TPSA) is 45.0 Å². The van der Waals surface area contributed by atoms with Crippen LogP contribution in [0, 0.1) is 11.3 Å². The second-order valence-corrected chi connectivity index (χ2v) is 4.56. The van der Waals surface area contributed by atoms with Gasteiger partial charge in [0.1, 0.15) is 11.8 Å². The van der Waals surface area contributed by atoms with E-state index in [9.17, 15) is 0 Å². The van der Waals surface area contributed by atoms with Gasteiger partial charge >= 0.3 is 0 Å². The van der Waals surface area contributed by atoms with Crippen molar-refractivity contribution in [2.24, 2.45) is 0 Å². The standard InChI is InChI=1S/C14H10Cl2N2O/c1-19-10-6-5-9(8-17)13(7-10)18-14-11(15)3-2-4-12(14)16/h2-7,18H,1H3. The molecule has 0 spiro atoms. The summed E-state index contributed by atoms with van der Waals surface area (Å²) >= 11 is 12.2. The molecular weight excluding hydrogens is 283 g/mol. The number of ether oxygens (including phenoxy) is 1. The largest absolute Gasteiger partial charge is 0.497 e. The summed E-state index contributed by atoms with van der Waals surface area (Å²) in [6.07, 6.45) is 0. The van der Waals surface area contributed by atoms with Gasteiger partial charge in [0.05, 0.1) is 34.1 Å². The van der Waals surface area contributed by atoms with Crippen LogP contribution in [0.3, 0.4) is 0 Å². The maximum atomic E-state index is 9.10. The van der Waals surface area contributed by atoms with E-state index in [1.165, 1.54) is 0 Å². The molecule has 0 bridgehead atoms. The molecule has 3 nitrogen and oxygen atoms in total. The average Bonchev–Trinajstić information content (AvgIpc) is 2.42. The molecule has 0 fully saturated rings. The Bertz CT molecular complexity index is 630. The molecule has 0 aromatic heterocycles. The Kier molecular flexibility index (Phi) is 4.16. The van der Waals surface area contributed by atoms with Gasteiger partial charge in [-0.2, -0.15) is 5.26 Å². The van der Waals surface area contributed by atoms with E-state index in [4.69, 9.17) is 33.2 Å². The van der Waals surface area contributed by atoms with Crippen molar-refractivity contribution >= 4 is 34.6 Å². The van der Waals surface area contributed by atoms with E-state index in [2.05, 4.69) is 11.4 Å². The zero-order valence-corrected chi connectivity index (χ0v) is 11.6. The number of halogens is 2. The van der Waals surface area contributed by atoms with Crippen molar-refractivity contribution in [1.29, 1.82) is 5.26 Å². The normalized spacial score (nSPS) is 9.79. The predicted molar refractivity (Wildman–Crippen MR) is 77.5 cm³/mol. The lowest BCUT2D eigenvalue weighted by Gasteiger charge is -2.12. The molecule has 1 N–H and O–H groups in total. The monoisotopic (exact) mass is 292 g/mol. The Labute approximate surface area is 121 Å². The van der Waals surface area contributed by atoms with Gasteiger partial charge in [-0.05, 0) is 24.3 Å². The van der Waals surface area contributed by atoms with Crippen molar-refractivity contribution in [3.8, 4) is 11.8 Å². The number of hydrogen-bond acceptors (Lipinski definition) is 3. The number of anilines is 2. The predicted octanol–water partition coefficient (Wildman–Crippen LogP) is 4.62. The molecule has 0 atom stereocenters. The van der Waals surface area contributed by atoms with E-state index in [-0.39, 0.29) is 0 Å². The second kappa shape index (κ2) is 5.83. The van der Waals surface area contributed by atoms with Crippen LogP contribution < -0.4 is 10.1 Å². The first-order valence-electron chi connectivity index (χ1n) is 5.45. The van der Waals surface area contributed by atoms with Gasteiger partial charge in [0.15, 0.2) is 0 Å². The minimum Gasteiger partial charge on any atom is -0.497 e. The van der Waals surface area contributed by atoms with Crippen molar-refractivity contribution in [1.82, 2.24) is 0 Å². The number of methoxy groups -OCH3 is 1. The van der Waals surface area contributed by atoms with Gasteiger partial charge in [-0.3, -0.25) is 0 Å². The van der Waals surface area contributed by atoms with Crippen molar-refractivity contribution < 1.29 is 4.74 Å². The summed E-state index contributed by atoms with van der Waals surface area (Å²) in [5.74, 6) is 0.643. The van der Waals surface area contributed by atoms with Crippen molar-refractivity contribution in [3.63, 3.8) is 0 Å². The second-order valence-electron chi connectivity index (χ2n) is 3.74. The lowest BCUT2D eigenvalue weighted by atomic mass is 10.1. The molecule has 0 aliphatic rings. The zero-order chi connectivity index (χ0) is 13.8. The summed E-state index contributed by atoms with van der Waals surface area (Å²) in [4.78, 5) is 0. The third kappa shape index (κ3) is 2.93. The minimum absolute atomic E-state index is 0.483. The quantitative estimate of drug-likeness (QED) is 0.898. The highest BCUT2D eigenvalue weighted by atomic mass is 35.5. The average molecular weight is 293 g/mol. The number of nitriles is 1. The fraction of sp³-hybridized carbons (Fsp3) is 0.0714. The lowest BCUT2D eigenvalue weighted by molar-refractivity contribution is 0.415. The van der Waals surface area contributed by atoms with E-state index in [1.54, 1.807) is 43.5 Å². The van der Waals surface area contributed by atoms with Gasteiger partial charge in [-0.1, -0.05) is 29.3 Å².